The molecule has 0 saturated carbocycles. The Bertz CT molecular complexity index is 240. The molecule has 0 spiro atoms. The van der Waals surface area contributed by atoms with Crippen molar-refractivity contribution >= 4 is 5.91 Å². The van der Waals surface area contributed by atoms with Crippen molar-refractivity contribution in [2.24, 2.45) is 5.41 Å². The van der Waals surface area contributed by atoms with Crippen LogP contribution >= 0.6 is 0 Å². The maximum atomic E-state index is 12.5. The lowest BCUT2D eigenvalue weighted by Crippen LogP contribution is -2.61. The summed E-state index contributed by atoms with van der Waals surface area (Å²) in [5, 5.41) is 0. The van der Waals surface area contributed by atoms with Crippen LogP contribution in [0.25, 0.3) is 5.73 Å². The molecule has 5 heteroatoms. The number of nitrogens with one attached hydrogen (secondary N) is 1. The molecule has 14 heavy (non-hydrogen) atoms. The van der Waals surface area contributed by atoms with E-state index in [1.807, 2.05) is 0 Å². The van der Waals surface area contributed by atoms with E-state index in [-0.39, 0.29) is 0 Å². The molecule has 3 nitrogen and oxygen atoms in total. The van der Waals surface area contributed by atoms with E-state index in [1.54, 1.807) is 20.8 Å². The Morgan fingerprint density at radius 2 is 1.86 bits per heavy atom. The molecular formula is C9H15F2N2O-. The van der Waals surface area contributed by atoms with Gasteiger partial charge in [-0.25, -0.2) is 8.78 Å². The molecule has 1 aliphatic heterocycles. The van der Waals surface area contributed by atoms with Crippen molar-refractivity contribution in [2.75, 3.05) is 13.1 Å². The van der Waals surface area contributed by atoms with E-state index in [0.717, 1.165) is 4.90 Å². The summed E-state index contributed by atoms with van der Waals surface area (Å²) >= 11 is 0. The average molecular weight is 205 g/mol. The Morgan fingerprint density at radius 3 is 2.14 bits per heavy atom. The third kappa shape index (κ3) is 2.20. The van der Waals surface area contributed by atoms with Crippen LogP contribution in [0.1, 0.15) is 20.8 Å². The zero-order valence-electron chi connectivity index (χ0n) is 8.60. The van der Waals surface area contributed by atoms with Gasteiger partial charge in [-0.1, -0.05) is 26.8 Å². The molecule has 1 saturated heterocycles. The third-order valence-corrected chi connectivity index (χ3v) is 2.27. The molecule has 0 radical (unpaired) electrons. The van der Waals surface area contributed by atoms with Crippen LogP contribution in [0, 0.1) is 5.41 Å². The van der Waals surface area contributed by atoms with Gasteiger partial charge in [0, 0.05) is 0 Å². The summed E-state index contributed by atoms with van der Waals surface area (Å²) in [6, 6.07) is -0.960. The predicted octanol–water partition coefficient (Wildman–Crippen LogP) is 1.93. The Morgan fingerprint density at radius 1 is 1.43 bits per heavy atom. The number of hydrogen-bond donors (Lipinski definition) is 0. The number of nitrogens with zero attached hydrogens (tertiary/aromatic N) is 1. The van der Waals surface area contributed by atoms with Gasteiger partial charge in [-0.15, -0.1) is 0 Å². The van der Waals surface area contributed by atoms with Crippen LogP contribution in [-0.4, -0.2) is 35.9 Å². The fraction of sp³-hybridized carbons (Fsp3) is 0.889. The number of hydrogen-bond acceptors (Lipinski definition) is 1. The molecule has 82 valence electrons. The van der Waals surface area contributed by atoms with Crippen LogP contribution < -0.4 is 0 Å². The Balaban J connectivity index is 2.53. The monoisotopic (exact) mass is 205 g/mol. The Hall–Kier alpha value is -0.710. The van der Waals surface area contributed by atoms with Gasteiger partial charge in [0.25, 0.3) is 5.92 Å². The molecule has 1 atom stereocenters. The molecule has 1 heterocycles. The van der Waals surface area contributed by atoms with Crippen molar-refractivity contribution < 1.29 is 13.6 Å². The van der Waals surface area contributed by atoms with E-state index in [9.17, 15) is 13.6 Å². The molecule has 0 aromatic carbocycles. The number of amides is 1. The normalized spacial score (nSPS) is 22.9. The number of alkyl halides is 2. The minimum Gasteiger partial charge on any atom is -0.666 e. The highest BCUT2D eigenvalue weighted by Crippen LogP contribution is 2.30. The minimum absolute atomic E-state index is 0.497. The van der Waals surface area contributed by atoms with Gasteiger partial charge < -0.3 is 10.6 Å². The molecule has 1 N–H and O–H groups in total. The van der Waals surface area contributed by atoms with Crippen LogP contribution in [0.3, 0.4) is 0 Å². The van der Waals surface area contributed by atoms with Gasteiger partial charge in [-0.05, 0) is 5.41 Å². The van der Waals surface area contributed by atoms with E-state index in [2.05, 4.69) is 0 Å². The van der Waals surface area contributed by atoms with Crippen molar-refractivity contribution in [3.05, 3.63) is 5.73 Å². The number of carbonyl (C=O) groups is 1. The van der Waals surface area contributed by atoms with E-state index >= 15 is 0 Å². The smallest absolute Gasteiger partial charge is 0.282 e. The molecule has 0 aromatic heterocycles. The maximum absolute atomic E-state index is 12.5. The summed E-state index contributed by atoms with van der Waals surface area (Å²) in [5.74, 6) is -3.24. The van der Waals surface area contributed by atoms with Crippen molar-refractivity contribution in [1.82, 2.24) is 4.90 Å². The van der Waals surface area contributed by atoms with Gasteiger partial charge >= 0.3 is 0 Å². The SMILES string of the molecule is CC(C)(C)[C@H]([NH-])C(=O)N1CC(F)(F)C1. The van der Waals surface area contributed by atoms with Gasteiger partial charge in [-0.2, -0.15) is 0 Å². The summed E-state index contributed by atoms with van der Waals surface area (Å²) in [6.07, 6.45) is 0. The summed E-state index contributed by atoms with van der Waals surface area (Å²) in [4.78, 5) is 12.5. The first-order valence-corrected chi connectivity index (χ1v) is 4.51. The van der Waals surface area contributed by atoms with Crippen LogP contribution in [0.15, 0.2) is 0 Å². The highest BCUT2D eigenvalue weighted by atomic mass is 19.3. The maximum Gasteiger partial charge on any atom is 0.282 e. The van der Waals surface area contributed by atoms with Crippen molar-refractivity contribution in [3.63, 3.8) is 0 Å². The van der Waals surface area contributed by atoms with Crippen LogP contribution in [0.4, 0.5) is 8.78 Å². The second-order valence-corrected chi connectivity index (χ2v) is 4.85. The van der Waals surface area contributed by atoms with Gasteiger partial charge in [0.05, 0.1) is 13.1 Å². The minimum atomic E-state index is -2.74. The third-order valence-electron chi connectivity index (χ3n) is 2.27. The lowest BCUT2D eigenvalue weighted by molar-refractivity contribution is -0.167. The fourth-order valence-electron chi connectivity index (χ4n) is 1.22. The molecule has 0 aromatic rings. The first kappa shape index (κ1) is 11.4. The first-order valence-electron chi connectivity index (χ1n) is 4.51. The van der Waals surface area contributed by atoms with Crippen molar-refractivity contribution in [1.29, 1.82) is 0 Å². The van der Waals surface area contributed by atoms with Gasteiger partial charge in [0.15, 0.2) is 0 Å². The van der Waals surface area contributed by atoms with Gasteiger partial charge in [0.2, 0.25) is 5.91 Å². The quantitative estimate of drug-likeness (QED) is 0.645. The zero-order chi connectivity index (χ0) is 11.1. The lowest BCUT2D eigenvalue weighted by Gasteiger charge is -2.44. The van der Waals surface area contributed by atoms with E-state index in [1.165, 1.54) is 0 Å². The predicted molar refractivity (Wildman–Crippen MR) is 49.1 cm³/mol. The van der Waals surface area contributed by atoms with E-state index < -0.39 is 36.4 Å². The summed E-state index contributed by atoms with van der Waals surface area (Å²) in [5.41, 5.74) is 7.09. The lowest BCUT2D eigenvalue weighted by atomic mass is 9.86. The Kier molecular flexibility index (Phi) is 2.56. The summed E-state index contributed by atoms with van der Waals surface area (Å²) in [6.45, 7) is 4.19. The van der Waals surface area contributed by atoms with Gasteiger partial charge in [0.1, 0.15) is 0 Å². The summed E-state index contributed by atoms with van der Waals surface area (Å²) in [7, 11) is 0. The molecule has 1 aliphatic rings. The first-order chi connectivity index (χ1) is 6.13. The second-order valence-electron chi connectivity index (χ2n) is 4.85. The fourth-order valence-corrected chi connectivity index (χ4v) is 1.22. The molecule has 0 aliphatic carbocycles. The molecule has 1 amide bonds. The number of rotatable bonds is 1. The standard InChI is InChI=1S/C9H15F2N2O/c1-8(2,3)6(12)7(14)13-4-9(10,11)5-13/h6,12H,4-5H2,1-3H3/q-1/t6-/m1/s1. The van der Waals surface area contributed by atoms with Crippen molar-refractivity contribution in [3.8, 4) is 0 Å². The summed E-state index contributed by atoms with van der Waals surface area (Å²) < 4.78 is 24.9. The molecular weight excluding hydrogens is 190 g/mol. The molecule has 0 unspecified atom stereocenters. The molecule has 1 rings (SSSR count). The topological polar surface area (TPSA) is 44.1 Å². The highest BCUT2D eigenvalue weighted by molar-refractivity contribution is 5.85. The van der Waals surface area contributed by atoms with Gasteiger partial charge in [-0.3, -0.25) is 4.79 Å². The Labute approximate surface area is 82.2 Å². The molecule has 1 fully saturated rings. The zero-order valence-corrected chi connectivity index (χ0v) is 8.60. The second kappa shape index (κ2) is 3.15. The number of carbonyl (C=O) groups excluding carboxylic acids is 1. The van der Waals surface area contributed by atoms with Crippen LogP contribution in [-0.2, 0) is 4.79 Å². The van der Waals surface area contributed by atoms with Crippen LogP contribution in [0.2, 0.25) is 0 Å². The average Bonchev–Trinajstić information content (AvgIpc) is 1.95. The molecule has 0 bridgehead atoms. The largest absolute Gasteiger partial charge is 0.666 e. The van der Waals surface area contributed by atoms with Crippen LogP contribution in [0.5, 0.6) is 0 Å². The van der Waals surface area contributed by atoms with E-state index in [4.69, 9.17) is 5.73 Å². The van der Waals surface area contributed by atoms with Crippen molar-refractivity contribution in [2.45, 2.75) is 32.7 Å². The number of likely N-dealkylation sites (tertiary alicyclic amines) is 1. The highest BCUT2D eigenvalue weighted by Gasteiger charge is 2.47. The van der Waals surface area contributed by atoms with E-state index in [0.29, 0.717) is 0 Å². The number of halogens is 2.